The number of imidazole rings is 1. The summed E-state index contributed by atoms with van der Waals surface area (Å²) in [6.07, 6.45) is -3.09. The van der Waals surface area contributed by atoms with E-state index in [1.165, 1.54) is 10.9 Å². The Morgan fingerprint density at radius 2 is 2.24 bits per heavy atom. The first-order valence-corrected chi connectivity index (χ1v) is 6.34. The molecule has 10 nitrogen and oxygen atoms in total. The second-order valence-corrected chi connectivity index (χ2v) is 4.72. The lowest BCUT2D eigenvalue weighted by atomic mass is 10.1. The van der Waals surface area contributed by atoms with Crippen LogP contribution in [0, 0.1) is 0 Å². The summed E-state index contributed by atoms with van der Waals surface area (Å²) in [6.45, 7) is -0.433. The molecule has 0 aliphatic carbocycles. The number of aliphatic hydroxyl groups excluding tert-OH is 3. The van der Waals surface area contributed by atoms with E-state index in [1.54, 1.807) is 7.05 Å². The van der Waals surface area contributed by atoms with Gasteiger partial charge in [-0.2, -0.15) is 4.98 Å². The number of aromatic amines is 1. The van der Waals surface area contributed by atoms with Crippen molar-refractivity contribution in [2.24, 2.45) is 0 Å². The molecule has 1 aliphatic heterocycles. The molecule has 1 aliphatic rings. The quantitative estimate of drug-likeness (QED) is 0.428. The molecular weight excluding hydrogens is 282 g/mol. The first kappa shape index (κ1) is 13.9. The van der Waals surface area contributed by atoms with Crippen molar-refractivity contribution in [3.8, 4) is 0 Å². The summed E-state index contributed by atoms with van der Waals surface area (Å²) in [5.41, 5.74) is -0.139. The minimum absolute atomic E-state index is 0.0896. The minimum Gasteiger partial charge on any atom is -0.394 e. The fourth-order valence-electron chi connectivity index (χ4n) is 2.34. The van der Waals surface area contributed by atoms with Gasteiger partial charge in [0.05, 0.1) is 12.9 Å². The number of hydrogen-bond acceptors (Lipinski definition) is 8. The average molecular weight is 297 g/mol. The summed E-state index contributed by atoms with van der Waals surface area (Å²) in [5.74, 6) is 0.237. The number of aromatic nitrogens is 4. The van der Waals surface area contributed by atoms with Gasteiger partial charge in [0.15, 0.2) is 17.4 Å². The van der Waals surface area contributed by atoms with Gasteiger partial charge in [-0.05, 0) is 0 Å². The van der Waals surface area contributed by atoms with Gasteiger partial charge >= 0.3 is 0 Å². The van der Waals surface area contributed by atoms with E-state index in [0.29, 0.717) is 0 Å². The molecular formula is C11H15N5O5. The lowest BCUT2D eigenvalue weighted by Crippen LogP contribution is -2.33. The molecule has 3 heterocycles. The lowest BCUT2D eigenvalue weighted by molar-refractivity contribution is -0.0511. The predicted molar refractivity (Wildman–Crippen MR) is 70.7 cm³/mol. The maximum absolute atomic E-state index is 11.8. The number of hydrogen-bond donors (Lipinski definition) is 5. The van der Waals surface area contributed by atoms with Gasteiger partial charge in [0, 0.05) is 7.05 Å². The Bertz CT molecular complexity index is 713. The molecule has 114 valence electrons. The fourth-order valence-corrected chi connectivity index (χ4v) is 2.34. The molecule has 0 unspecified atom stereocenters. The Labute approximate surface area is 118 Å². The van der Waals surface area contributed by atoms with Gasteiger partial charge in [0.2, 0.25) is 5.95 Å². The SMILES string of the molecule is CNc1nc2c(ncn2[C@@H]2O[C@H](CO)[C@H](O)[C@@H]2O)c(=O)[nH]1. The van der Waals surface area contributed by atoms with Crippen molar-refractivity contribution in [1.29, 1.82) is 0 Å². The molecule has 0 amide bonds. The van der Waals surface area contributed by atoms with Crippen molar-refractivity contribution in [2.75, 3.05) is 19.0 Å². The third-order valence-electron chi connectivity index (χ3n) is 3.46. The van der Waals surface area contributed by atoms with Gasteiger partial charge < -0.3 is 25.4 Å². The topological polar surface area (TPSA) is 146 Å². The number of rotatable bonds is 3. The van der Waals surface area contributed by atoms with Gasteiger partial charge in [-0.3, -0.25) is 14.3 Å². The first-order valence-electron chi connectivity index (χ1n) is 6.34. The van der Waals surface area contributed by atoms with E-state index in [9.17, 15) is 15.0 Å². The summed E-state index contributed by atoms with van der Waals surface area (Å²) >= 11 is 0. The number of nitrogens with one attached hydrogen (secondary N) is 2. The lowest BCUT2D eigenvalue weighted by Gasteiger charge is -2.16. The maximum atomic E-state index is 11.8. The second kappa shape index (κ2) is 5.07. The Balaban J connectivity index is 2.09. The molecule has 0 spiro atoms. The average Bonchev–Trinajstić information content (AvgIpc) is 3.02. The van der Waals surface area contributed by atoms with Crippen LogP contribution in [0.2, 0.25) is 0 Å². The Kier molecular flexibility index (Phi) is 3.37. The van der Waals surface area contributed by atoms with Gasteiger partial charge in [-0.15, -0.1) is 0 Å². The standard InChI is InChI=1S/C11H15N5O5/c1-12-11-14-8-5(9(20)15-11)13-3-16(8)10-7(19)6(18)4(2-17)21-10/h3-4,6-7,10,17-19H,2H2,1H3,(H2,12,14,15,20)/t4-,6+,7+,10-/m1/s1. The van der Waals surface area contributed by atoms with Gasteiger partial charge in [-0.1, -0.05) is 0 Å². The van der Waals surface area contributed by atoms with Crippen LogP contribution in [0.25, 0.3) is 11.2 Å². The number of fused-ring (bicyclic) bond motifs is 1. The van der Waals surface area contributed by atoms with Crippen molar-refractivity contribution < 1.29 is 20.1 Å². The highest BCUT2D eigenvalue weighted by atomic mass is 16.6. The van der Waals surface area contributed by atoms with E-state index >= 15 is 0 Å². The summed E-state index contributed by atoms with van der Waals surface area (Å²) in [5, 5.41) is 31.6. The van der Waals surface area contributed by atoms with Crippen LogP contribution in [0.15, 0.2) is 11.1 Å². The van der Waals surface area contributed by atoms with Crippen molar-refractivity contribution >= 4 is 17.1 Å². The molecule has 21 heavy (non-hydrogen) atoms. The van der Waals surface area contributed by atoms with Crippen molar-refractivity contribution in [1.82, 2.24) is 19.5 Å². The van der Waals surface area contributed by atoms with Crippen LogP contribution in [0.3, 0.4) is 0 Å². The molecule has 0 bridgehead atoms. The molecule has 0 saturated carbocycles. The Morgan fingerprint density at radius 3 is 2.86 bits per heavy atom. The third kappa shape index (κ3) is 2.08. The van der Waals surface area contributed by atoms with Gasteiger partial charge in [0.1, 0.15) is 18.3 Å². The highest BCUT2D eigenvalue weighted by molar-refractivity contribution is 5.70. The molecule has 2 aromatic rings. The highest BCUT2D eigenvalue weighted by Crippen LogP contribution is 2.30. The number of anilines is 1. The zero-order chi connectivity index (χ0) is 15.1. The largest absolute Gasteiger partial charge is 0.394 e. The summed E-state index contributed by atoms with van der Waals surface area (Å²) in [4.78, 5) is 22.5. The van der Waals surface area contributed by atoms with Crippen LogP contribution in [-0.2, 0) is 4.74 Å². The second-order valence-electron chi connectivity index (χ2n) is 4.72. The van der Waals surface area contributed by atoms with Crippen LogP contribution in [0.1, 0.15) is 6.23 Å². The Morgan fingerprint density at radius 1 is 1.48 bits per heavy atom. The minimum atomic E-state index is -1.27. The fraction of sp³-hybridized carbons (Fsp3) is 0.545. The van der Waals surface area contributed by atoms with Crippen LogP contribution in [0.4, 0.5) is 5.95 Å². The van der Waals surface area contributed by atoms with Gasteiger partial charge in [0.25, 0.3) is 5.56 Å². The van der Waals surface area contributed by atoms with E-state index in [2.05, 4.69) is 20.3 Å². The molecule has 5 N–H and O–H groups in total. The van der Waals surface area contributed by atoms with Crippen LogP contribution < -0.4 is 10.9 Å². The zero-order valence-electron chi connectivity index (χ0n) is 11.1. The molecule has 10 heteroatoms. The van der Waals surface area contributed by atoms with Crippen molar-refractivity contribution in [2.45, 2.75) is 24.5 Å². The molecule has 4 atom stereocenters. The van der Waals surface area contributed by atoms with Gasteiger partial charge in [-0.25, -0.2) is 4.98 Å². The molecule has 0 radical (unpaired) electrons. The van der Waals surface area contributed by atoms with E-state index in [4.69, 9.17) is 9.84 Å². The van der Waals surface area contributed by atoms with Crippen molar-refractivity contribution in [3.63, 3.8) is 0 Å². The summed E-state index contributed by atoms with van der Waals surface area (Å²) < 4.78 is 6.76. The molecule has 2 aromatic heterocycles. The monoisotopic (exact) mass is 297 g/mol. The van der Waals surface area contributed by atoms with Crippen LogP contribution in [-0.4, -0.2) is 66.8 Å². The number of aliphatic hydroxyl groups is 3. The summed E-state index contributed by atoms with van der Waals surface area (Å²) in [7, 11) is 1.59. The molecule has 1 fully saturated rings. The first-order chi connectivity index (χ1) is 10.1. The van der Waals surface area contributed by atoms with E-state index in [1.807, 2.05) is 0 Å². The van der Waals surface area contributed by atoms with E-state index in [-0.39, 0.29) is 17.1 Å². The maximum Gasteiger partial charge on any atom is 0.280 e. The van der Waals surface area contributed by atoms with Crippen LogP contribution >= 0.6 is 0 Å². The normalized spacial score (nSPS) is 29.1. The zero-order valence-corrected chi connectivity index (χ0v) is 11.1. The smallest absolute Gasteiger partial charge is 0.280 e. The molecule has 3 rings (SSSR count). The summed E-state index contributed by atoms with van der Waals surface area (Å²) in [6, 6.07) is 0. The molecule has 1 saturated heterocycles. The van der Waals surface area contributed by atoms with E-state index in [0.717, 1.165) is 0 Å². The Hall–Kier alpha value is -2.01. The van der Waals surface area contributed by atoms with Crippen molar-refractivity contribution in [3.05, 3.63) is 16.7 Å². The number of H-pyrrole nitrogens is 1. The van der Waals surface area contributed by atoms with E-state index < -0.39 is 36.7 Å². The highest BCUT2D eigenvalue weighted by Gasteiger charge is 2.44. The third-order valence-corrected chi connectivity index (χ3v) is 3.46. The van der Waals surface area contributed by atoms with Crippen LogP contribution in [0.5, 0.6) is 0 Å². The molecule has 0 aromatic carbocycles. The number of nitrogens with zero attached hydrogens (tertiary/aromatic N) is 3. The predicted octanol–water partition coefficient (Wildman–Crippen LogP) is -2.23. The number of ether oxygens (including phenoxy) is 1.